The van der Waals surface area contributed by atoms with Crippen LogP contribution in [0.4, 0.5) is 0 Å². The molecule has 20 heavy (non-hydrogen) atoms. The van der Waals surface area contributed by atoms with Gasteiger partial charge >= 0.3 is 0 Å². The third-order valence-electron chi connectivity index (χ3n) is 4.10. The second-order valence-corrected chi connectivity index (χ2v) is 6.57. The molecule has 1 aromatic heterocycles. The number of nitrogens with one attached hydrogen (secondary N) is 1. The van der Waals surface area contributed by atoms with Gasteiger partial charge in [-0.25, -0.2) is 4.98 Å². The van der Waals surface area contributed by atoms with Crippen molar-refractivity contribution in [3.63, 3.8) is 0 Å². The topological polar surface area (TPSA) is 34.1 Å². The monoisotopic (exact) mass is 290 g/mol. The van der Waals surface area contributed by atoms with E-state index in [0.29, 0.717) is 6.61 Å². The normalized spacial score (nSPS) is 22.5. The van der Waals surface area contributed by atoms with Crippen LogP contribution in [0.5, 0.6) is 5.75 Å². The molecule has 1 aliphatic rings. The largest absolute Gasteiger partial charge is 0.494 e. The summed E-state index contributed by atoms with van der Waals surface area (Å²) in [5, 5.41) is 4.81. The molecular weight excluding hydrogens is 268 g/mol. The maximum absolute atomic E-state index is 5.59. The summed E-state index contributed by atoms with van der Waals surface area (Å²) in [6.45, 7) is 7.17. The molecule has 1 saturated heterocycles. The van der Waals surface area contributed by atoms with Crippen molar-refractivity contribution in [2.45, 2.75) is 38.5 Å². The average Bonchev–Trinajstić information content (AvgIpc) is 3.06. The second kappa shape index (κ2) is 5.70. The van der Waals surface area contributed by atoms with Crippen LogP contribution < -0.4 is 10.1 Å². The van der Waals surface area contributed by atoms with Gasteiger partial charge in [-0.3, -0.25) is 0 Å². The number of rotatable bonds is 5. The van der Waals surface area contributed by atoms with Crippen molar-refractivity contribution >= 4 is 21.6 Å². The van der Waals surface area contributed by atoms with Crippen LogP contribution in [-0.4, -0.2) is 24.7 Å². The van der Waals surface area contributed by atoms with Crippen LogP contribution in [-0.2, 0) is 5.41 Å². The highest BCUT2D eigenvalue weighted by Crippen LogP contribution is 2.40. The third kappa shape index (κ3) is 2.42. The molecule has 1 N–H and O–H groups in total. The van der Waals surface area contributed by atoms with Gasteiger partial charge in [-0.05, 0) is 44.5 Å². The van der Waals surface area contributed by atoms with Gasteiger partial charge in [-0.1, -0.05) is 13.3 Å². The van der Waals surface area contributed by atoms with Gasteiger partial charge in [-0.2, -0.15) is 0 Å². The van der Waals surface area contributed by atoms with Crippen molar-refractivity contribution < 1.29 is 4.74 Å². The molecule has 4 heteroatoms. The minimum atomic E-state index is 0.254. The van der Waals surface area contributed by atoms with Crippen LogP contribution in [0, 0.1) is 0 Å². The van der Waals surface area contributed by atoms with E-state index in [0.717, 1.165) is 24.4 Å². The van der Waals surface area contributed by atoms with E-state index in [1.165, 1.54) is 29.0 Å². The quantitative estimate of drug-likeness (QED) is 0.911. The summed E-state index contributed by atoms with van der Waals surface area (Å²) < 4.78 is 6.83. The number of ether oxygens (including phenoxy) is 1. The molecule has 0 spiro atoms. The Labute approximate surface area is 124 Å². The molecule has 3 nitrogen and oxygen atoms in total. The van der Waals surface area contributed by atoms with Gasteiger partial charge in [0.1, 0.15) is 10.8 Å². The number of fused-ring (bicyclic) bond motifs is 1. The molecule has 0 bridgehead atoms. The number of hydrogen-bond donors (Lipinski definition) is 1. The molecule has 1 aliphatic heterocycles. The molecule has 0 radical (unpaired) electrons. The van der Waals surface area contributed by atoms with Gasteiger partial charge in [0.2, 0.25) is 0 Å². The van der Waals surface area contributed by atoms with E-state index >= 15 is 0 Å². The lowest BCUT2D eigenvalue weighted by molar-refractivity contribution is 0.341. The molecule has 1 unspecified atom stereocenters. The van der Waals surface area contributed by atoms with Crippen LogP contribution in [0.1, 0.15) is 38.1 Å². The fourth-order valence-corrected chi connectivity index (χ4v) is 4.35. The smallest absolute Gasteiger partial charge is 0.120 e. The van der Waals surface area contributed by atoms with Gasteiger partial charge in [0.25, 0.3) is 0 Å². The minimum absolute atomic E-state index is 0.254. The standard InChI is InChI=1S/C16H22N2OS/c1-3-7-16(8-9-17-11-16)15-18-13-6-5-12(19-4-2)10-14(13)20-15/h5-6,10,17H,3-4,7-9,11H2,1-2H3. The molecule has 1 aromatic carbocycles. The summed E-state index contributed by atoms with van der Waals surface area (Å²) >= 11 is 1.84. The number of thiazole rings is 1. The van der Waals surface area contributed by atoms with Crippen molar-refractivity contribution in [2.75, 3.05) is 19.7 Å². The molecule has 3 rings (SSSR count). The predicted molar refractivity (Wildman–Crippen MR) is 84.9 cm³/mol. The second-order valence-electron chi connectivity index (χ2n) is 5.54. The maximum Gasteiger partial charge on any atom is 0.120 e. The Morgan fingerprint density at radius 3 is 3.00 bits per heavy atom. The van der Waals surface area contributed by atoms with Crippen molar-refractivity contribution in [3.8, 4) is 5.75 Å². The molecular formula is C16H22N2OS. The Morgan fingerprint density at radius 2 is 2.30 bits per heavy atom. The Kier molecular flexibility index (Phi) is 3.94. The Hall–Kier alpha value is -1.13. The minimum Gasteiger partial charge on any atom is -0.494 e. The van der Waals surface area contributed by atoms with Crippen LogP contribution in [0.3, 0.4) is 0 Å². The zero-order valence-corrected chi connectivity index (χ0v) is 13.1. The highest BCUT2D eigenvalue weighted by molar-refractivity contribution is 7.18. The molecule has 2 heterocycles. The molecule has 1 fully saturated rings. The van der Waals surface area contributed by atoms with E-state index < -0.39 is 0 Å². The molecule has 0 saturated carbocycles. The first-order chi connectivity index (χ1) is 9.77. The van der Waals surface area contributed by atoms with Gasteiger partial charge in [0.05, 0.1) is 16.8 Å². The molecule has 108 valence electrons. The Balaban J connectivity index is 1.98. The summed E-state index contributed by atoms with van der Waals surface area (Å²) in [6, 6.07) is 6.24. The summed E-state index contributed by atoms with van der Waals surface area (Å²) in [5.74, 6) is 0.948. The van der Waals surface area contributed by atoms with Gasteiger partial charge in [0.15, 0.2) is 0 Å². The van der Waals surface area contributed by atoms with Crippen molar-refractivity contribution in [3.05, 3.63) is 23.2 Å². The summed E-state index contributed by atoms with van der Waals surface area (Å²) in [6.07, 6.45) is 3.64. The number of benzene rings is 1. The van der Waals surface area contributed by atoms with E-state index in [2.05, 4.69) is 24.4 Å². The third-order valence-corrected chi connectivity index (χ3v) is 5.36. The van der Waals surface area contributed by atoms with E-state index in [-0.39, 0.29) is 5.41 Å². The van der Waals surface area contributed by atoms with Gasteiger partial charge < -0.3 is 10.1 Å². The zero-order chi connectivity index (χ0) is 14.0. The predicted octanol–water partition coefficient (Wildman–Crippen LogP) is 3.73. The Bertz CT molecular complexity index is 587. The van der Waals surface area contributed by atoms with E-state index in [1.807, 2.05) is 24.3 Å². The summed E-state index contributed by atoms with van der Waals surface area (Å²) in [7, 11) is 0. The first kappa shape index (κ1) is 13.8. The van der Waals surface area contributed by atoms with Crippen LogP contribution in [0.15, 0.2) is 18.2 Å². The van der Waals surface area contributed by atoms with Gasteiger partial charge in [0, 0.05) is 12.0 Å². The maximum atomic E-state index is 5.59. The SMILES string of the molecule is CCCC1(c2nc3ccc(OCC)cc3s2)CCNC1. The van der Waals surface area contributed by atoms with Gasteiger partial charge in [-0.15, -0.1) is 11.3 Å². The summed E-state index contributed by atoms with van der Waals surface area (Å²) in [4.78, 5) is 4.91. The van der Waals surface area contributed by atoms with Crippen LogP contribution in [0.25, 0.3) is 10.2 Å². The summed E-state index contributed by atoms with van der Waals surface area (Å²) in [5.41, 5.74) is 1.36. The molecule has 1 atom stereocenters. The number of aromatic nitrogens is 1. The average molecular weight is 290 g/mol. The lowest BCUT2D eigenvalue weighted by Gasteiger charge is -2.24. The lowest BCUT2D eigenvalue weighted by atomic mass is 9.83. The van der Waals surface area contributed by atoms with E-state index in [4.69, 9.17) is 9.72 Å². The molecule has 0 amide bonds. The fourth-order valence-electron chi connectivity index (χ4n) is 3.11. The van der Waals surface area contributed by atoms with Crippen molar-refractivity contribution in [2.24, 2.45) is 0 Å². The highest BCUT2D eigenvalue weighted by atomic mass is 32.1. The van der Waals surface area contributed by atoms with Crippen LogP contribution >= 0.6 is 11.3 Å². The number of nitrogens with zero attached hydrogens (tertiary/aromatic N) is 1. The first-order valence-electron chi connectivity index (χ1n) is 7.52. The van der Waals surface area contributed by atoms with E-state index in [1.54, 1.807) is 0 Å². The van der Waals surface area contributed by atoms with Crippen molar-refractivity contribution in [1.29, 1.82) is 0 Å². The zero-order valence-electron chi connectivity index (χ0n) is 12.2. The first-order valence-corrected chi connectivity index (χ1v) is 8.33. The molecule has 2 aromatic rings. The van der Waals surface area contributed by atoms with Crippen molar-refractivity contribution in [1.82, 2.24) is 10.3 Å². The Morgan fingerprint density at radius 1 is 1.40 bits per heavy atom. The lowest BCUT2D eigenvalue weighted by Crippen LogP contribution is -2.28. The van der Waals surface area contributed by atoms with E-state index in [9.17, 15) is 0 Å². The van der Waals surface area contributed by atoms with Crippen LogP contribution in [0.2, 0.25) is 0 Å². The number of hydrogen-bond acceptors (Lipinski definition) is 4. The fraction of sp³-hybridized carbons (Fsp3) is 0.562. The molecule has 0 aliphatic carbocycles. The highest BCUT2D eigenvalue weighted by Gasteiger charge is 2.37.